The molecule has 0 unspecified atom stereocenters. The molecule has 0 aliphatic rings. The van der Waals surface area contributed by atoms with Crippen LogP contribution in [-0.4, -0.2) is 6.21 Å². The van der Waals surface area contributed by atoms with Gasteiger partial charge in [0.15, 0.2) is 0 Å². The van der Waals surface area contributed by atoms with Crippen molar-refractivity contribution < 1.29 is 26.7 Å². The average Bonchev–Trinajstić information content (AvgIpc) is 2.61. The fourth-order valence-electron chi connectivity index (χ4n) is 2.06. The van der Waals surface area contributed by atoms with Crippen molar-refractivity contribution in [3.8, 4) is 11.5 Å². The average molecular weight is 408 g/mol. The monoisotopic (exact) mass is 407 g/mol. The van der Waals surface area contributed by atoms with E-state index in [1.807, 2.05) is 0 Å². The van der Waals surface area contributed by atoms with Crippen LogP contribution in [0.5, 0.6) is 11.5 Å². The molecule has 132 valence electrons. The van der Waals surface area contributed by atoms with E-state index >= 15 is 0 Å². The number of benzene rings is 3. The van der Waals surface area contributed by atoms with E-state index in [2.05, 4.69) is 15.2 Å². The number of aliphatic imine (C=N–C) groups is 1. The van der Waals surface area contributed by atoms with Crippen molar-refractivity contribution in [1.82, 2.24) is 0 Å². The molecule has 0 saturated carbocycles. The van der Waals surface area contributed by atoms with Crippen LogP contribution in [0.1, 0.15) is 5.56 Å². The molecule has 3 aromatic rings. The molecule has 3 rings (SSSR count). The van der Waals surface area contributed by atoms with Crippen LogP contribution in [0.3, 0.4) is 0 Å². The Labute approximate surface area is 165 Å². The quantitative estimate of drug-likeness (QED) is 0.358. The number of para-hydroxylation sites is 2. The van der Waals surface area contributed by atoms with Crippen molar-refractivity contribution >= 4 is 34.9 Å². The molecule has 0 aromatic heterocycles. The number of halogens is 1. The van der Waals surface area contributed by atoms with E-state index in [-0.39, 0.29) is 33.7 Å². The molecular formula is C19H12ClN3NiO2. The third-order valence-electron chi connectivity index (χ3n) is 3.33. The maximum absolute atomic E-state index is 11.8. The Morgan fingerprint density at radius 1 is 0.731 bits per heavy atom. The predicted molar refractivity (Wildman–Crippen MR) is 94.7 cm³/mol. The SMILES string of the molecule is [Ni+2].[O-]c1ccccc1C=Nc1ccccc1N=Nc1ccc(Cl)cc1[O-]. The van der Waals surface area contributed by atoms with E-state index in [1.54, 1.807) is 48.5 Å². The molecule has 26 heavy (non-hydrogen) atoms. The first-order chi connectivity index (χ1) is 12.1. The molecule has 5 nitrogen and oxygen atoms in total. The summed E-state index contributed by atoms with van der Waals surface area (Å²) in [4.78, 5) is 4.31. The number of azo groups is 1. The van der Waals surface area contributed by atoms with Gasteiger partial charge in [0.1, 0.15) is 5.69 Å². The molecule has 0 amide bonds. The Kier molecular flexibility index (Phi) is 6.90. The van der Waals surface area contributed by atoms with Gasteiger partial charge < -0.3 is 10.2 Å². The molecule has 0 aliphatic heterocycles. The number of hydrogen-bond acceptors (Lipinski definition) is 5. The van der Waals surface area contributed by atoms with E-state index in [1.165, 1.54) is 24.4 Å². The second-order valence-corrected chi connectivity index (χ2v) is 5.53. The van der Waals surface area contributed by atoms with E-state index in [9.17, 15) is 10.2 Å². The smallest absolute Gasteiger partial charge is 0.872 e. The van der Waals surface area contributed by atoms with Gasteiger partial charge in [-0.05, 0) is 35.9 Å². The molecule has 0 aliphatic carbocycles. The molecule has 0 atom stereocenters. The van der Waals surface area contributed by atoms with E-state index in [0.29, 0.717) is 22.0 Å². The number of rotatable bonds is 4. The van der Waals surface area contributed by atoms with Crippen LogP contribution in [0.4, 0.5) is 17.1 Å². The van der Waals surface area contributed by atoms with Crippen molar-refractivity contribution in [2.24, 2.45) is 15.2 Å². The first-order valence-electron chi connectivity index (χ1n) is 7.41. The Morgan fingerprint density at radius 2 is 1.38 bits per heavy atom. The summed E-state index contributed by atoms with van der Waals surface area (Å²) in [6.07, 6.45) is 1.48. The topological polar surface area (TPSA) is 83.2 Å². The Bertz CT molecular complexity index is 961. The van der Waals surface area contributed by atoms with Gasteiger partial charge in [-0.1, -0.05) is 53.7 Å². The third kappa shape index (κ3) is 4.91. The fraction of sp³-hybridized carbons (Fsp3) is 0. The zero-order valence-electron chi connectivity index (χ0n) is 13.3. The zero-order valence-corrected chi connectivity index (χ0v) is 15.0. The molecule has 3 aromatic carbocycles. The molecule has 0 saturated heterocycles. The van der Waals surface area contributed by atoms with Gasteiger partial charge in [0.2, 0.25) is 0 Å². The van der Waals surface area contributed by atoms with Crippen LogP contribution in [0.15, 0.2) is 82.0 Å². The normalized spacial score (nSPS) is 11.0. The van der Waals surface area contributed by atoms with Crippen molar-refractivity contribution in [2.75, 3.05) is 0 Å². The Hall–Kier alpha value is -2.69. The van der Waals surface area contributed by atoms with Gasteiger partial charge in [-0.15, -0.1) is 10.9 Å². The fourth-order valence-corrected chi connectivity index (χ4v) is 2.22. The van der Waals surface area contributed by atoms with Gasteiger partial charge >= 0.3 is 16.5 Å². The standard InChI is InChI=1S/C19H14ClN3O2.Ni/c20-14-9-10-17(19(25)11-14)23-22-16-7-3-2-6-15(16)21-12-13-5-1-4-8-18(13)24;/h1-12,24-25H;/q;+2/p-2. The molecule has 0 spiro atoms. The number of hydrogen-bond donors (Lipinski definition) is 0. The van der Waals surface area contributed by atoms with Gasteiger partial charge in [0.25, 0.3) is 0 Å². The van der Waals surface area contributed by atoms with Gasteiger partial charge in [-0.25, -0.2) is 0 Å². The maximum atomic E-state index is 11.8. The summed E-state index contributed by atoms with van der Waals surface area (Å²) < 4.78 is 0. The van der Waals surface area contributed by atoms with Gasteiger partial charge in [-0.2, -0.15) is 5.11 Å². The van der Waals surface area contributed by atoms with Crippen LogP contribution in [0.2, 0.25) is 5.02 Å². The van der Waals surface area contributed by atoms with Crippen molar-refractivity contribution in [2.45, 2.75) is 0 Å². The van der Waals surface area contributed by atoms with Gasteiger partial charge in [0, 0.05) is 11.2 Å². The summed E-state index contributed by atoms with van der Waals surface area (Å²) in [6.45, 7) is 0. The molecular weight excluding hydrogens is 396 g/mol. The zero-order chi connectivity index (χ0) is 17.6. The van der Waals surface area contributed by atoms with E-state index in [4.69, 9.17) is 11.6 Å². The largest absolute Gasteiger partial charge is 2.00 e. The first kappa shape index (κ1) is 19.6. The molecule has 0 fully saturated rings. The Morgan fingerprint density at radius 3 is 2.12 bits per heavy atom. The van der Waals surface area contributed by atoms with Crippen LogP contribution in [0.25, 0.3) is 0 Å². The molecule has 0 bridgehead atoms. The van der Waals surface area contributed by atoms with Crippen LogP contribution in [-0.2, 0) is 16.5 Å². The minimum Gasteiger partial charge on any atom is -0.872 e. The minimum absolute atomic E-state index is 0. The number of nitrogens with zero attached hydrogens (tertiary/aromatic N) is 3. The van der Waals surface area contributed by atoms with Gasteiger partial charge in [-0.3, -0.25) is 4.99 Å². The molecule has 0 radical (unpaired) electrons. The summed E-state index contributed by atoms with van der Waals surface area (Å²) in [5.74, 6) is -0.417. The van der Waals surface area contributed by atoms with Crippen molar-refractivity contribution in [3.63, 3.8) is 0 Å². The minimum atomic E-state index is -0.308. The summed E-state index contributed by atoms with van der Waals surface area (Å²) >= 11 is 5.75. The summed E-state index contributed by atoms with van der Waals surface area (Å²) in [6, 6.07) is 18.0. The van der Waals surface area contributed by atoms with Crippen LogP contribution >= 0.6 is 11.6 Å². The van der Waals surface area contributed by atoms with Gasteiger partial charge in [0.05, 0.1) is 11.4 Å². The maximum Gasteiger partial charge on any atom is 2.00 e. The first-order valence-corrected chi connectivity index (χ1v) is 7.79. The summed E-state index contributed by atoms with van der Waals surface area (Å²) in [5, 5.41) is 31.9. The predicted octanol–water partition coefficient (Wildman–Crippen LogP) is 4.65. The third-order valence-corrected chi connectivity index (χ3v) is 3.57. The van der Waals surface area contributed by atoms with Crippen molar-refractivity contribution in [1.29, 1.82) is 0 Å². The van der Waals surface area contributed by atoms with Crippen LogP contribution < -0.4 is 10.2 Å². The summed E-state index contributed by atoms with van der Waals surface area (Å²) in [7, 11) is 0. The summed E-state index contributed by atoms with van der Waals surface area (Å²) in [5.41, 5.74) is 1.69. The second kappa shape index (κ2) is 9.13. The van der Waals surface area contributed by atoms with E-state index < -0.39 is 0 Å². The van der Waals surface area contributed by atoms with Crippen LogP contribution in [0, 0.1) is 0 Å². The second-order valence-electron chi connectivity index (χ2n) is 5.10. The molecule has 7 heteroatoms. The Balaban J connectivity index is 0.00000243. The van der Waals surface area contributed by atoms with Crippen molar-refractivity contribution in [3.05, 3.63) is 77.3 Å². The molecule has 0 heterocycles. The van der Waals surface area contributed by atoms with E-state index in [0.717, 1.165) is 0 Å². The molecule has 0 N–H and O–H groups in total.